The van der Waals surface area contributed by atoms with E-state index < -0.39 is 0 Å². The topological polar surface area (TPSA) is 60.9 Å². The van der Waals surface area contributed by atoms with Crippen molar-refractivity contribution >= 4 is 35.0 Å². The van der Waals surface area contributed by atoms with Crippen LogP contribution in [-0.2, 0) is 6.54 Å². The lowest BCUT2D eigenvalue weighted by molar-refractivity contribution is 0.0642. The van der Waals surface area contributed by atoms with E-state index in [4.69, 9.17) is 11.6 Å². The molecule has 33 heavy (non-hydrogen) atoms. The molecular formula is C26H22ClN3O3. The van der Waals surface area contributed by atoms with Crippen LogP contribution in [0.4, 0.5) is 5.69 Å². The van der Waals surface area contributed by atoms with Gasteiger partial charge in [0, 0.05) is 42.5 Å². The molecule has 1 fully saturated rings. The molecule has 0 bridgehead atoms. The van der Waals surface area contributed by atoms with Crippen LogP contribution in [0.5, 0.6) is 0 Å². The number of carbonyl (C=O) groups excluding carboxylic acids is 3. The number of nitrogens with zero attached hydrogens (tertiary/aromatic N) is 3. The van der Waals surface area contributed by atoms with Gasteiger partial charge in [0.15, 0.2) is 0 Å². The summed E-state index contributed by atoms with van der Waals surface area (Å²) >= 11 is 6.10. The van der Waals surface area contributed by atoms with E-state index >= 15 is 0 Å². The van der Waals surface area contributed by atoms with E-state index in [0.717, 1.165) is 11.3 Å². The van der Waals surface area contributed by atoms with Crippen molar-refractivity contribution in [2.45, 2.75) is 6.54 Å². The summed E-state index contributed by atoms with van der Waals surface area (Å²) in [5.74, 6) is -0.822. The standard InChI is InChI=1S/C26H22ClN3O3/c27-20-7-4-8-21(16-20)28-11-13-29(14-12-28)24(31)19-9-10-22-23(15-19)26(33)30(25(22)32)17-18-5-2-1-3-6-18/h1-10,15-16H,11-14,17H2. The molecule has 0 unspecified atom stereocenters. The Morgan fingerprint density at radius 1 is 0.788 bits per heavy atom. The number of hydrogen-bond donors (Lipinski definition) is 0. The summed E-state index contributed by atoms with van der Waals surface area (Å²) in [6.07, 6.45) is 0. The van der Waals surface area contributed by atoms with Gasteiger partial charge in [-0.3, -0.25) is 19.3 Å². The Bertz CT molecular complexity index is 1240. The first-order valence-electron chi connectivity index (χ1n) is 10.9. The molecule has 0 aromatic heterocycles. The van der Waals surface area contributed by atoms with Crippen LogP contribution in [0.3, 0.4) is 0 Å². The SMILES string of the molecule is O=C(c1ccc2c(c1)C(=O)N(Cc1ccccc1)C2=O)N1CCN(c2cccc(Cl)c2)CC1. The molecule has 0 radical (unpaired) electrons. The van der Waals surface area contributed by atoms with E-state index in [1.807, 2.05) is 54.6 Å². The third-order valence-corrected chi connectivity index (χ3v) is 6.38. The highest BCUT2D eigenvalue weighted by Gasteiger charge is 2.36. The fourth-order valence-electron chi connectivity index (χ4n) is 4.36. The second-order valence-corrected chi connectivity index (χ2v) is 8.64. The van der Waals surface area contributed by atoms with Crippen LogP contribution in [-0.4, -0.2) is 53.7 Å². The fraction of sp³-hybridized carbons (Fsp3) is 0.192. The number of carbonyl (C=O) groups is 3. The van der Waals surface area contributed by atoms with E-state index in [2.05, 4.69) is 4.90 Å². The highest BCUT2D eigenvalue weighted by Crippen LogP contribution is 2.27. The Hall–Kier alpha value is -3.64. The molecule has 3 amide bonds. The van der Waals surface area contributed by atoms with Crippen molar-refractivity contribution in [2.75, 3.05) is 31.1 Å². The Morgan fingerprint density at radius 2 is 1.52 bits per heavy atom. The van der Waals surface area contributed by atoms with Crippen molar-refractivity contribution in [3.05, 3.63) is 100 Å². The molecule has 5 rings (SSSR count). The number of halogens is 1. The number of fused-ring (bicyclic) bond motifs is 1. The Balaban J connectivity index is 1.29. The number of benzene rings is 3. The molecule has 2 aliphatic heterocycles. The van der Waals surface area contributed by atoms with Crippen LogP contribution in [0.2, 0.25) is 5.02 Å². The molecule has 0 saturated carbocycles. The van der Waals surface area contributed by atoms with Gasteiger partial charge in [-0.2, -0.15) is 0 Å². The molecule has 0 spiro atoms. The molecule has 0 N–H and O–H groups in total. The predicted molar refractivity (Wildman–Crippen MR) is 127 cm³/mol. The minimum Gasteiger partial charge on any atom is -0.368 e. The number of imide groups is 1. The van der Waals surface area contributed by atoms with Gasteiger partial charge >= 0.3 is 0 Å². The summed E-state index contributed by atoms with van der Waals surface area (Å²) < 4.78 is 0. The van der Waals surface area contributed by atoms with Gasteiger partial charge in [-0.25, -0.2) is 0 Å². The average Bonchev–Trinajstić information content (AvgIpc) is 3.08. The first-order chi connectivity index (χ1) is 16.0. The van der Waals surface area contributed by atoms with Crippen LogP contribution >= 0.6 is 11.6 Å². The maximum atomic E-state index is 13.1. The molecule has 6 nitrogen and oxygen atoms in total. The maximum absolute atomic E-state index is 13.1. The summed E-state index contributed by atoms with van der Waals surface area (Å²) in [5.41, 5.74) is 2.97. The lowest BCUT2D eigenvalue weighted by atomic mass is 10.0. The summed E-state index contributed by atoms with van der Waals surface area (Å²) in [6.45, 7) is 2.73. The monoisotopic (exact) mass is 459 g/mol. The molecule has 0 aliphatic carbocycles. The van der Waals surface area contributed by atoms with Gasteiger partial charge < -0.3 is 9.80 Å². The number of rotatable bonds is 4. The number of anilines is 1. The van der Waals surface area contributed by atoms with Crippen molar-refractivity contribution in [3.8, 4) is 0 Å². The number of piperazine rings is 1. The third kappa shape index (κ3) is 4.10. The molecule has 1 saturated heterocycles. The molecule has 7 heteroatoms. The van der Waals surface area contributed by atoms with Gasteiger partial charge in [-0.15, -0.1) is 0 Å². The second kappa shape index (κ2) is 8.71. The van der Waals surface area contributed by atoms with E-state index in [0.29, 0.717) is 47.9 Å². The Morgan fingerprint density at radius 3 is 2.24 bits per heavy atom. The highest BCUT2D eigenvalue weighted by atomic mass is 35.5. The number of hydrogen-bond acceptors (Lipinski definition) is 4. The van der Waals surface area contributed by atoms with Crippen molar-refractivity contribution in [1.82, 2.24) is 9.80 Å². The smallest absolute Gasteiger partial charge is 0.261 e. The van der Waals surface area contributed by atoms with E-state index in [1.54, 1.807) is 23.1 Å². The fourth-order valence-corrected chi connectivity index (χ4v) is 4.54. The lowest BCUT2D eigenvalue weighted by Gasteiger charge is -2.36. The summed E-state index contributed by atoms with van der Waals surface area (Å²) in [6, 6.07) is 21.9. The normalized spacial score (nSPS) is 15.7. The minimum atomic E-state index is -0.362. The average molecular weight is 460 g/mol. The summed E-state index contributed by atoms with van der Waals surface area (Å²) in [4.78, 5) is 44.1. The van der Waals surface area contributed by atoms with Crippen LogP contribution in [0.25, 0.3) is 0 Å². The van der Waals surface area contributed by atoms with Crippen LogP contribution in [0.1, 0.15) is 36.6 Å². The van der Waals surface area contributed by atoms with E-state index in [-0.39, 0.29) is 24.3 Å². The van der Waals surface area contributed by atoms with Crippen molar-refractivity contribution in [3.63, 3.8) is 0 Å². The van der Waals surface area contributed by atoms with E-state index in [9.17, 15) is 14.4 Å². The van der Waals surface area contributed by atoms with Crippen LogP contribution in [0.15, 0.2) is 72.8 Å². The van der Waals surface area contributed by atoms with Gasteiger partial charge in [0.1, 0.15) is 0 Å². The first kappa shape index (κ1) is 21.2. The van der Waals surface area contributed by atoms with Crippen molar-refractivity contribution in [2.24, 2.45) is 0 Å². The van der Waals surface area contributed by atoms with Gasteiger partial charge in [0.25, 0.3) is 17.7 Å². The third-order valence-electron chi connectivity index (χ3n) is 6.14. The van der Waals surface area contributed by atoms with Crippen LogP contribution < -0.4 is 4.90 Å². The Kier molecular flexibility index (Phi) is 5.60. The largest absolute Gasteiger partial charge is 0.368 e. The minimum absolute atomic E-state index is 0.134. The molecule has 3 aromatic carbocycles. The van der Waals surface area contributed by atoms with Crippen LogP contribution in [0, 0.1) is 0 Å². The summed E-state index contributed by atoms with van der Waals surface area (Å²) in [5, 5.41) is 0.685. The molecule has 166 valence electrons. The summed E-state index contributed by atoms with van der Waals surface area (Å²) in [7, 11) is 0. The number of amides is 3. The quantitative estimate of drug-likeness (QED) is 0.551. The zero-order chi connectivity index (χ0) is 22.9. The molecule has 2 aliphatic rings. The zero-order valence-corrected chi connectivity index (χ0v) is 18.7. The lowest BCUT2D eigenvalue weighted by Crippen LogP contribution is -2.48. The molecular weight excluding hydrogens is 438 g/mol. The van der Waals surface area contributed by atoms with Gasteiger partial charge in [0.2, 0.25) is 0 Å². The van der Waals surface area contributed by atoms with E-state index in [1.165, 1.54) is 4.90 Å². The van der Waals surface area contributed by atoms with Gasteiger partial charge in [0.05, 0.1) is 17.7 Å². The molecule has 0 atom stereocenters. The van der Waals surface area contributed by atoms with Gasteiger partial charge in [-0.1, -0.05) is 48.0 Å². The van der Waals surface area contributed by atoms with Gasteiger partial charge in [-0.05, 0) is 42.0 Å². The first-order valence-corrected chi connectivity index (χ1v) is 11.2. The maximum Gasteiger partial charge on any atom is 0.261 e. The van der Waals surface area contributed by atoms with Crippen molar-refractivity contribution < 1.29 is 14.4 Å². The Labute approximate surface area is 197 Å². The molecule has 3 aromatic rings. The molecule has 2 heterocycles. The highest BCUT2D eigenvalue weighted by molar-refractivity contribution is 6.30. The second-order valence-electron chi connectivity index (χ2n) is 8.20. The zero-order valence-electron chi connectivity index (χ0n) is 17.9. The predicted octanol–water partition coefficient (Wildman–Crippen LogP) is 4.10. The van der Waals surface area contributed by atoms with Crippen molar-refractivity contribution in [1.29, 1.82) is 0 Å².